The van der Waals surface area contributed by atoms with Gasteiger partial charge < -0.3 is 14.4 Å². The standard InChI is InChI=1S/C29H34FN3O5/c1-28(2)16-32(17-29(3,4)38-28)13-18-8-9-22(30)19(12-18)15-37-24-7-5-6-20-21(24)14-33(27(20)36)23-10-11-25(34)31-26(23)35/h5-9,12,23H,10-11,13-17H2,1-4H3,(H,31,34,35)/t23-/m1/s1/i23D. The molecule has 0 saturated carbocycles. The lowest BCUT2D eigenvalue weighted by molar-refractivity contribution is -0.182. The van der Waals surface area contributed by atoms with E-state index in [-0.39, 0.29) is 43.0 Å². The number of morpholine rings is 1. The number of hydrogen-bond donors (Lipinski definition) is 1. The highest BCUT2D eigenvalue weighted by Crippen LogP contribution is 2.34. The van der Waals surface area contributed by atoms with Gasteiger partial charge in [0.1, 0.15) is 24.2 Å². The Morgan fingerprint density at radius 2 is 1.87 bits per heavy atom. The van der Waals surface area contributed by atoms with E-state index in [1.165, 1.54) is 11.0 Å². The third kappa shape index (κ3) is 5.44. The molecule has 5 rings (SSSR count). The monoisotopic (exact) mass is 524 g/mol. The van der Waals surface area contributed by atoms with Crippen molar-refractivity contribution in [3.8, 4) is 5.75 Å². The summed E-state index contributed by atoms with van der Waals surface area (Å²) in [5.74, 6) is -1.74. The van der Waals surface area contributed by atoms with Crippen molar-refractivity contribution in [2.24, 2.45) is 0 Å². The molecule has 3 heterocycles. The van der Waals surface area contributed by atoms with Gasteiger partial charge in [0.05, 0.1) is 19.1 Å². The van der Waals surface area contributed by atoms with E-state index in [4.69, 9.17) is 10.8 Å². The van der Waals surface area contributed by atoms with E-state index >= 15 is 0 Å². The lowest BCUT2D eigenvalue weighted by Gasteiger charge is -2.47. The first-order chi connectivity index (χ1) is 18.3. The molecule has 2 fully saturated rings. The summed E-state index contributed by atoms with van der Waals surface area (Å²) >= 11 is 0. The number of ether oxygens (including phenoxy) is 2. The number of nitrogens with one attached hydrogen (secondary N) is 1. The molecule has 3 aliphatic rings. The number of hydrogen-bond acceptors (Lipinski definition) is 6. The first kappa shape index (κ1) is 25.0. The maximum Gasteiger partial charge on any atom is 0.255 e. The van der Waals surface area contributed by atoms with Crippen molar-refractivity contribution < 1.29 is 29.6 Å². The van der Waals surface area contributed by atoms with Gasteiger partial charge in [0.2, 0.25) is 11.8 Å². The van der Waals surface area contributed by atoms with Gasteiger partial charge >= 0.3 is 0 Å². The number of carbonyl (C=O) groups excluding carboxylic acids is 3. The molecule has 3 aliphatic heterocycles. The summed E-state index contributed by atoms with van der Waals surface area (Å²) in [6.07, 6.45) is -0.100. The molecule has 2 aromatic rings. The van der Waals surface area contributed by atoms with Crippen LogP contribution < -0.4 is 10.1 Å². The molecule has 8 nitrogen and oxygen atoms in total. The first-order valence-corrected chi connectivity index (χ1v) is 12.9. The minimum absolute atomic E-state index is 0.0133. The summed E-state index contributed by atoms with van der Waals surface area (Å²) in [7, 11) is 0. The van der Waals surface area contributed by atoms with Gasteiger partial charge in [0, 0.05) is 42.7 Å². The van der Waals surface area contributed by atoms with Crippen LogP contribution in [0.1, 0.15) is 69.0 Å². The molecule has 38 heavy (non-hydrogen) atoms. The number of amides is 3. The van der Waals surface area contributed by atoms with Gasteiger partial charge in [-0.3, -0.25) is 24.6 Å². The Bertz CT molecular complexity index is 1330. The third-order valence-corrected chi connectivity index (χ3v) is 7.02. The third-order valence-electron chi connectivity index (χ3n) is 7.02. The zero-order valence-electron chi connectivity index (χ0n) is 23.2. The van der Waals surface area contributed by atoms with Crippen LogP contribution in [-0.2, 0) is 34.0 Å². The number of nitrogens with zero attached hydrogens (tertiary/aromatic N) is 2. The summed E-state index contributed by atoms with van der Waals surface area (Å²) in [5.41, 5.74) is 1.62. The second-order valence-corrected chi connectivity index (χ2v) is 11.5. The molecule has 202 valence electrons. The summed E-state index contributed by atoms with van der Waals surface area (Å²) in [5, 5.41) is 2.16. The second-order valence-electron chi connectivity index (χ2n) is 11.5. The minimum Gasteiger partial charge on any atom is -0.488 e. The molecular formula is C29H34FN3O5. The molecule has 1 N–H and O–H groups in total. The van der Waals surface area contributed by atoms with Gasteiger partial charge in [-0.15, -0.1) is 0 Å². The van der Waals surface area contributed by atoms with Gasteiger partial charge in [-0.1, -0.05) is 12.1 Å². The summed E-state index contributed by atoms with van der Waals surface area (Å²) < 4.78 is 35.7. The zero-order chi connectivity index (χ0) is 28.2. The molecule has 0 radical (unpaired) electrons. The summed E-state index contributed by atoms with van der Waals surface area (Å²) in [6, 6.07) is 8.10. The number of benzene rings is 2. The zero-order valence-corrected chi connectivity index (χ0v) is 22.2. The fourth-order valence-corrected chi connectivity index (χ4v) is 5.83. The summed E-state index contributed by atoms with van der Waals surface area (Å²) in [4.78, 5) is 40.7. The highest BCUT2D eigenvalue weighted by molar-refractivity contribution is 6.05. The molecule has 9 heteroatoms. The maximum absolute atomic E-state index is 14.8. The second kappa shape index (κ2) is 9.78. The van der Waals surface area contributed by atoms with Crippen molar-refractivity contribution in [2.75, 3.05) is 13.1 Å². The number of halogens is 1. The maximum atomic E-state index is 14.8. The first-order valence-electron chi connectivity index (χ1n) is 13.4. The number of piperidine rings is 1. The van der Waals surface area contributed by atoms with Crippen LogP contribution in [-0.4, -0.2) is 57.8 Å². The Morgan fingerprint density at radius 1 is 1.13 bits per heavy atom. The van der Waals surface area contributed by atoms with Crippen molar-refractivity contribution in [1.29, 1.82) is 0 Å². The smallest absolute Gasteiger partial charge is 0.255 e. The Hall–Kier alpha value is -3.30. The molecule has 1 atom stereocenters. The van der Waals surface area contributed by atoms with E-state index in [9.17, 15) is 18.8 Å². The topological polar surface area (TPSA) is 88.2 Å². The Labute approximate surface area is 223 Å². The largest absolute Gasteiger partial charge is 0.488 e. The van der Waals surface area contributed by atoms with Gasteiger partial charge in [-0.25, -0.2) is 4.39 Å². The predicted octanol–water partition coefficient (Wildman–Crippen LogP) is 3.56. The molecule has 2 aromatic carbocycles. The number of carbonyl (C=O) groups is 3. The van der Waals surface area contributed by atoms with Crippen molar-refractivity contribution >= 4 is 17.7 Å². The highest BCUT2D eigenvalue weighted by Gasteiger charge is 2.40. The number of imide groups is 1. The van der Waals surface area contributed by atoms with Crippen LogP contribution >= 0.6 is 0 Å². The fraction of sp³-hybridized carbons (Fsp3) is 0.483. The molecular weight excluding hydrogens is 489 g/mol. The van der Waals surface area contributed by atoms with Crippen molar-refractivity contribution in [2.45, 2.75) is 77.5 Å². The molecule has 0 unspecified atom stereocenters. The van der Waals surface area contributed by atoms with Crippen LogP contribution in [0.4, 0.5) is 4.39 Å². The average Bonchev–Trinajstić information content (AvgIpc) is 3.18. The van der Waals surface area contributed by atoms with Crippen LogP contribution in [0.15, 0.2) is 36.4 Å². The van der Waals surface area contributed by atoms with E-state index in [2.05, 4.69) is 37.9 Å². The minimum atomic E-state index is -1.88. The molecule has 2 saturated heterocycles. The SMILES string of the molecule is [2H][C@@]1(N2Cc3c(OCc4cc(CN5CC(C)(C)OC(C)(C)C5)ccc4F)cccc3C2=O)CCC(=O)NC1=O. The normalized spacial score (nSPS) is 25.1. The van der Waals surface area contributed by atoms with Crippen LogP contribution in [0.25, 0.3) is 0 Å². The van der Waals surface area contributed by atoms with Crippen molar-refractivity contribution in [3.63, 3.8) is 0 Å². The molecule has 0 aliphatic carbocycles. The number of rotatable bonds is 6. The van der Waals surface area contributed by atoms with Crippen LogP contribution in [0, 0.1) is 5.82 Å². The molecule has 3 amide bonds. The van der Waals surface area contributed by atoms with Crippen LogP contribution in [0.3, 0.4) is 0 Å². The van der Waals surface area contributed by atoms with E-state index in [1.54, 1.807) is 30.3 Å². The number of fused-ring (bicyclic) bond motifs is 1. The molecule has 0 spiro atoms. The van der Waals surface area contributed by atoms with E-state index < -0.39 is 23.7 Å². The van der Waals surface area contributed by atoms with E-state index in [0.717, 1.165) is 18.7 Å². The van der Waals surface area contributed by atoms with Gasteiger partial charge in [0.15, 0.2) is 0 Å². The van der Waals surface area contributed by atoms with Gasteiger partial charge in [0.25, 0.3) is 5.91 Å². The Morgan fingerprint density at radius 3 is 2.58 bits per heavy atom. The highest BCUT2D eigenvalue weighted by atomic mass is 19.1. The molecule has 0 bridgehead atoms. The quantitative estimate of drug-likeness (QED) is 0.582. The predicted molar refractivity (Wildman–Crippen MR) is 138 cm³/mol. The average molecular weight is 525 g/mol. The Kier molecular flexibility index (Phi) is 6.44. The van der Waals surface area contributed by atoms with Crippen LogP contribution in [0.5, 0.6) is 5.75 Å². The Balaban J connectivity index is 1.31. The lowest BCUT2D eigenvalue weighted by Crippen LogP contribution is -2.56. The molecule has 0 aromatic heterocycles. The fourth-order valence-electron chi connectivity index (χ4n) is 5.83. The summed E-state index contributed by atoms with van der Waals surface area (Å²) in [6.45, 7) is 10.4. The van der Waals surface area contributed by atoms with Crippen molar-refractivity contribution in [3.05, 3.63) is 64.5 Å². The van der Waals surface area contributed by atoms with E-state index in [1.807, 2.05) is 0 Å². The van der Waals surface area contributed by atoms with Gasteiger partial charge in [-0.05, 0) is 63.9 Å². The van der Waals surface area contributed by atoms with Crippen LogP contribution in [0.2, 0.25) is 0 Å². The van der Waals surface area contributed by atoms with Crippen molar-refractivity contribution in [1.82, 2.24) is 15.1 Å². The van der Waals surface area contributed by atoms with E-state index in [0.29, 0.717) is 29.0 Å². The van der Waals surface area contributed by atoms with Gasteiger partial charge in [-0.2, -0.15) is 0 Å². The lowest BCUT2D eigenvalue weighted by atomic mass is 9.98.